The van der Waals surface area contributed by atoms with Crippen LogP contribution in [0.2, 0.25) is 0 Å². The highest BCUT2D eigenvalue weighted by molar-refractivity contribution is 5.92. The molecule has 0 spiro atoms. The third-order valence-electron chi connectivity index (χ3n) is 5.68. The van der Waals surface area contributed by atoms with Crippen LogP contribution >= 0.6 is 0 Å². The van der Waals surface area contributed by atoms with Crippen LogP contribution in [0.15, 0.2) is 42.7 Å². The van der Waals surface area contributed by atoms with Crippen molar-refractivity contribution in [3.05, 3.63) is 54.2 Å². The molecule has 0 saturated carbocycles. The summed E-state index contributed by atoms with van der Waals surface area (Å²) in [4.78, 5) is 34.5. The zero-order valence-electron chi connectivity index (χ0n) is 18.6. The number of pyridine rings is 2. The first-order valence-corrected chi connectivity index (χ1v) is 10.9. The maximum absolute atomic E-state index is 12.6. The van der Waals surface area contributed by atoms with Gasteiger partial charge >= 0.3 is 12.1 Å². The number of aromatic nitrogens is 4. The SMILES string of the molecule is O=C(O)C(F)(F)F.O=C(c1ccccn1)N1CCC(c2nc3ccc(N4CCOCC4)cn3n2)C1. The minimum atomic E-state index is -5.08. The van der Waals surface area contributed by atoms with Crippen molar-refractivity contribution in [2.45, 2.75) is 18.5 Å². The Morgan fingerprint density at radius 3 is 2.49 bits per heavy atom. The summed E-state index contributed by atoms with van der Waals surface area (Å²) >= 11 is 0. The standard InChI is InChI=1S/C20H22N6O2.C2HF3O2/c27-20(17-3-1-2-7-21-17)25-8-6-15(13-25)19-22-18-5-4-16(14-26(18)23-19)24-9-11-28-12-10-24;3-2(4,5)1(6)7/h1-5,7,14-15H,6,8-13H2;(H,6,7). The van der Waals surface area contributed by atoms with Gasteiger partial charge in [0, 0.05) is 38.3 Å². The van der Waals surface area contributed by atoms with Crippen molar-refractivity contribution in [2.75, 3.05) is 44.3 Å². The van der Waals surface area contributed by atoms with E-state index in [2.05, 4.69) is 16.0 Å². The van der Waals surface area contributed by atoms with Crippen LogP contribution in [0.3, 0.4) is 0 Å². The lowest BCUT2D eigenvalue weighted by Crippen LogP contribution is -2.36. The number of likely N-dealkylation sites (tertiary alicyclic amines) is 1. The zero-order chi connectivity index (χ0) is 25.0. The number of carbonyl (C=O) groups is 2. The fraction of sp³-hybridized carbons (Fsp3) is 0.409. The van der Waals surface area contributed by atoms with E-state index >= 15 is 0 Å². The summed E-state index contributed by atoms with van der Waals surface area (Å²) in [5.41, 5.74) is 2.45. The average molecular weight is 492 g/mol. The summed E-state index contributed by atoms with van der Waals surface area (Å²) in [6.07, 6.45) is -0.537. The lowest BCUT2D eigenvalue weighted by atomic mass is 10.1. The molecule has 186 valence electrons. The van der Waals surface area contributed by atoms with Gasteiger partial charge in [0.05, 0.1) is 25.1 Å². The number of hydrogen-bond acceptors (Lipinski definition) is 7. The van der Waals surface area contributed by atoms with Gasteiger partial charge in [-0.15, -0.1) is 0 Å². The van der Waals surface area contributed by atoms with Gasteiger partial charge in [-0.3, -0.25) is 9.78 Å². The number of carbonyl (C=O) groups excluding carboxylic acids is 1. The Balaban J connectivity index is 0.000000364. The first-order valence-electron chi connectivity index (χ1n) is 10.9. The van der Waals surface area contributed by atoms with E-state index in [1.54, 1.807) is 12.3 Å². The van der Waals surface area contributed by atoms with Crippen LogP contribution in [0, 0.1) is 0 Å². The van der Waals surface area contributed by atoms with E-state index in [1.807, 2.05) is 33.8 Å². The summed E-state index contributed by atoms with van der Waals surface area (Å²) in [7, 11) is 0. The number of carboxylic acids is 1. The molecule has 1 atom stereocenters. The molecule has 3 aromatic heterocycles. The van der Waals surface area contributed by atoms with Crippen molar-refractivity contribution in [3.63, 3.8) is 0 Å². The molecule has 0 bridgehead atoms. The van der Waals surface area contributed by atoms with Gasteiger partial charge in [-0.1, -0.05) is 6.07 Å². The molecule has 35 heavy (non-hydrogen) atoms. The molecular formula is C22H23F3N6O4. The first kappa shape index (κ1) is 24.4. The fourth-order valence-electron chi connectivity index (χ4n) is 3.88. The second kappa shape index (κ2) is 10.3. The lowest BCUT2D eigenvalue weighted by molar-refractivity contribution is -0.192. The van der Waals surface area contributed by atoms with Crippen LogP contribution < -0.4 is 4.90 Å². The third-order valence-corrected chi connectivity index (χ3v) is 5.68. The van der Waals surface area contributed by atoms with Gasteiger partial charge in [-0.25, -0.2) is 14.3 Å². The number of carboxylic acid groups (broad SMARTS) is 1. The number of hydrogen-bond donors (Lipinski definition) is 1. The van der Waals surface area contributed by atoms with E-state index in [-0.39, 0.29) is 11.8 Å². The second-order valence-corrected chi connectivity index (χ2v) is 8.01. The van der Waals surface area contributed by atoms with Gasteiger partial charge in [-0.2, -0.15) is 18.3 Å². The molecule has 2 saturated heterocycles. The molecule has 5 heterocycles. The van der Waals surface area contributed by atoms with Crippen molar-refractivity contribution in [3.8, 4) is 0 Å². The summed E-state index contributed by atoms with van der Waals surface area (Å²) < 4.78 is 39.0. The molecule has 10 nitrogen and oxygen atoms in total. The largest absolute Gasteiger partial charge is 0.490 e. The fourth-order valence-corrected chi connectivity index (χ4v) is 3.88. The molecule has 1 N–H and O–H groups in total. The smallest absolute Gasteiger partial charge is 0.475 e. The van der Waals surface area contributed by atoms with Crippen LogP contribution in [0.25, 0.3) is 5.65 Å². The van der Waals surface area contributed by atoms with E-state index in [4.69, 9.17) is 24.7 Å². The monoisotopic (exact) mass is 492 g/mol. The molecule has 2 aliphatic heterocycles. The Bertz CT molecular complexity index is 1180. The van der Waals surface area contributed by atoms with E-state index in [9.17, 15) is 18.0 Å². The number of nitrogens with zero attached hydrogens (tertiary/aromatic N) is 6. The molecule has 0 radical (unpaired) electrons. The molecule has 5 rings (SSSR count). The maximum Gasteiger partial charge on any atom is 0.490 e. The average Bonchev–Trinajstić information content (AvgIpc) is 3.51. The normalized spacial score (nSPS) is 18.3. The Labute approximate surface area is 197 Å². The summed E-state index contributed by atoms with van der Waals surface area (Å²) in [6, 6.07) is 9.50. The second-order valence-electron chi connectivity index (χ2n) is 8.01. The highest BCUT2D eigenvalue weighted by Crippen LogP contribution is 2.27. The van der Waals surface area contributed by atoms with Gasteiger partial charge in [-0.05, 0) is 30.7 Å². The number of halogens is 3. The van der Waals surface area contributed by atoms with Crippen molar-refractivity contribution < 1.29 is 32.6 Å². The number of anilines is 1. The van der Waals surface area contributed by atoms with E-state index < -0.39 is 12.1 Å². The minimum Gasteiger partial charge on any atom is -0.475 e. The van der Waals surface area contributed by atoms with Gasteiger partial charge in [0.15, 0.2) is 11.5 Å². The highest BCUT2D eigenvalue weighted by atomic mass is 19.4. The van der Waals surface area contributed by atoms with E-state index in [1.165, 1.54) is 0 Å². The van der Waals surface area contributed by atoms with Crippen LogP contribution in [0.4, 0.5) is 18.9 Å². The van der Waals surface area contributed by atoms with E-state index in [0.29, 0.717) is 18.8 Å². The Morgan fingerprint density at radius 2 is 1.83 bits per heavy atom. The number of fused-ring (bicyclic) bond motifs is 1. The summed E-state index contributed by atoms with van der Waals surface area (Å²) in [5, 5.41) is 11.8. The number of ether oxygens (including phenoxy) is 1. The lowest BCUT2D eigenvalue weighted by Gasteiger charge is -2.28. The molecule has 13 heteroatoms. The molecule has 2 aliphatic rings. The van der Waals surface area contributed by atoms with Crippen LogP contribution in [-0.2, 0) is 9.53 Å². The van der Waals surface area contributed by atoms with Crippen molar-refractivity contribution >= 4 is 23.2 Å². The number of morpholine rings is 1. The van der Waals surface area contributed by atoms with Gasteiger partial charge < -0.3 is 19.6 Å². The topological polar surface area (TPSA) is 113 Å². The van der Waals surface area contributed by atoms with Crippen molar-refractivity contribution in [2.24, 2.45) is 0 Å². The molecule has 3 aromatic rings. The Morgan fingerprint density at radius 1 is 1.09 bits per heavy atom. The van der Waals surface area contributed by atoms with Crippen LogP contribution in [0.5, 0.6) is 0 Å². The van der Waals surface area contributed by atoms with Crippen molar-refractivity contribution in [1.29, 1.82) is 0 Å². The van der Waals surface area contributed by atoms with E-state index in [0.717, 1.165) is 49.9 Å². The molecule has 1 unspecified atom stereocenters. The highest BCUT2D eigenvalue weighted by Gasteiger charge is 2.38. The van der Waals surface area contributed by atoms with Gasteiger partial charge in [0.2, 0.25) is 0 Å². The molecule has 0 aliphatic carbocycles. The third kappa shape index (κ3) is 5.85. The van der Waals surface area contributed by atoms with Crippen molar-refractivity contribution in [1.82, 2.24) is 24.5 Å². The van der Waals surface area contributed by atoms with Crippen LogP contribution in [-0.4, -0.2) is 87.0 Å². The predicted molar refractivity (Wildman–Crippen MR) is 117 cm³/mol. The molecule has 0 aromatic carbocycles. The maximum atomic E-state index is 12.6. The molecule has 1 amide bonds. The number of alkyl halides is 3. The quantitative estimate of drug-likeness (QED) is 0.592. The Kier molecular flexibility index (Phi) is 7.15. The van der Waals surface area contributed by atoms with Gasteiger partial charge in [0.1, 0.15) is 5.69 Å². The molecular weight excluding hydrogens is 469 g/mol. The number of rotatable bonds is 3. The Hall–Kier alpha value is -3.74. The molecule has 2 fully saturated rings. The van der Waals surface area contributed by atoms with Crippen LogP contribution in [0.1, 0.15) is 28.7 Å². The zero-order valence-corrected chi connectivity index (χ0v) is 18.6. The summed E-state index contributed by atoms with van der Waals surface area (Å²) in [5.74, 6) is -1.83. The first-order chi connectivity index (χ1) is 16.7. The number of amides is 1. The minimum absolute atomic E-state index is 0.0264. The number of aliphatic carboxylic acids is 1. The predicted octanol–water partition coefficient (Wildman–Crippen LogP) is 2.22. The summed E-state index contributed by atoms with van der Waals surface area (Å²) in [6.45, 7) is 4.61. The van der Waals surface area contributed by atoms with Gasteiger partial charge in [0.25, 0.3) is 5.91 Å².